The Balaban J connectivity index is 2.02. The average Bonchev–Trinajstić information content (AvgIpc) is 2.87. The van der Waals surface area contributed by atoms with Crippen molar-refractivity contribution in [1.29, 1.82) is 0 Å². The fourth-order valence-corrected chi connectivity index (χ4v) is 2.71. The maximum absolute atomic E-state index is 13.6. The number of amides is 1. The Morgan fingerprint density at radius 2 is 2.00 bits per heavy atom. The minimum absolute atomic E-state index is 0.297. The number of benzene rings is 1. The molecule has 0 aliphatic rings. The van der Waals surface area contributed by atoms with Crippen LogP contribution in [0.5, 0.6) is 0 Å². The van der Waals surface area contributed by atoms with E-state index in [-0.39, 0.29) is 5.91 Å². The van der Waals surface area contributed by atoms with Gasteiger partial charge in [-0.15, -0.1) is 0 Å². The number of hydrogen-bond acceptors (Lipinski definition) is 2. The summed E-state index contributed by atoms with van der Waals surface area (Å²) in [5.41, 5.74) is 2.29. The predicted molar refractivity (Wildman–Crippen MR) is 91.2 cm³/mol. The highest BCUT2D eigenvalue weighted by atomic mass is 79.9. The van der Waals surface area contributed by atoms with E-state index in [0.717, 1.165) is 10.9 Å². The molecule has 1 N–H and O–H groups in total. The third-order valence-corrected chi connectivity index (χ3v) is 3.99. The van der Waals surface area contributed by atoms with Gasteiger partial charge in [0.15, 0.2) is 0 Å². The Bertz CT molecular complexity index is 858. The quantitative estimate of drug-likeness (QED) is 0.732. The maximum atomic E-state index is 13.6. The second-order valence-corrected chi connectivity index (χ2v) is 6.11. The van der Waals surface area contributed by atoms with E-state index in [1.807, 2.05) is 19.1 Å². The zero-order chi connectivity index (χ0) is 16.4. The molecule has 0 fully saturated rings. The Morgan fingerprint density at radius 1 is 1.26 bits per heavy atom. The van der Waals surface area contributed by atoms with Crippen molar-refractivity contribution < 1.29 is 9.18 Å². The Labute approximate surface area is 141 Å². The van der Waals surface area contributed by atoms with Crippen LogP contribution in [0.15, 0.2) is 47.1 Å². The first-order valence-electron chi connectivity index (χ1n) is 7.32. The largest absolute Gasteiger partial charge is 0.321 e. The van der Waals surface area contributed by atoms with E-state index in [9.17, 15) is 9.18 Å². The molecule has 2 heterocycles. The Hall–Kier alpha value is -2.21. The molecule has 3 rings (SSSR count). The summed E-state index contributed by atoms with van der Waals surface area (Å²) in [6, 6.07) is 10.2. The van der Waals surface area contributed by atoms with Crippen molar-refractivity contribution in [1.82, 2.24) is 9.38 Å². The highest BCUT2D eigenvalue weighted by Gasteiger charge is 2.19. The number of hydrogen-bond donors (Lipinski definition) is 1. The van der Waals surface area contributed by atoms with Crippen molar-refractivity contribution >= 4 is 33.2 Å². The van der Waals surface area contributed by atoms with Gasteiger partial charge in [-0.3, -0.25) is 9.20 Å². The van der Waals surface area contributed by atoms with Gasteiger partial charge in [0.05, 0.1) is 5.69 Å². The first-order chi connectivity index (χ1) is 11.1. The monoisotopic (exact) mass is 375 g/mol. The van der Waals surface area contributed by atoms with E-state index < -0.39 is 5.82 Å². The number of carbonyl (C=O) groups excluding carboxylic acids is 1. The van der Waals surface area contributed by atoms with Gasteiger partial charge in [-0.05, 0) is 42.8 Å². The highest BCUT2D eigenvalue weighted by Crippen LogP contribution is 2.19. The average molecular weight is 376 g/mol. The van der Waals surface area contributed by atoms with Gasteiger partial charge in [-0.1, -0.05) is 29.3 Å². The summed E-state index contributed by atoms with van der Waals surface area (Å²) in [6.45, 7) is 2.01. The Morgan fingerprint density at radius 3 is 2.70 bits per heavy atom. The van der Waals surface area contributed by atoms with E-state index in [1.54, 1.807) is 18.2 Å². The second kappa shape index (κ2) is 6.50. The molecular formula is C17H15BrFN3O. The van der Waals surface area contributed by atoms with Crippen molar-refractivity contribution in [2.45, 2.75) is 19.8 Å². The lowest BCUT2D eigenvalue weighted by Gasteiger charge is -2.07. The number of nitrogens with zero attached hydrogens (tertiary/aromatic N) is 2. The molecule has 0 bridgehead atoms. The summed E-state index contributed by atoms with van der Waals surface area (Å²) >= 11 is 3.35. The van der Waals surface area contributed by atoms with Crippen LogP contribution in [0.3, 0.4) is 0 Å². The molecule has 118 valence electrons. The van der Waals surface area contributed by atoms with Crippen LogP contribution in [-0.2, 0) is 6.42 Å². The van der Waals surface area contributed by atoms with Crippen molar-refractivity contribution in [2.24, 2.45) is 0 Å². The Kier molecular flexibility index (Phi) is 4.43. The third-order valence-electron chi connectivity index (χ3n) is 3.46. The summed E-state index contributed by atoms with van der Waals surface area (Å²) in [5.74, 6) is -0.704. The lowest BCUT2D eigenvalue weighted by atomic mass is 10.2. The maximum Gasteiger partial charge on any atom is 0.274 e. The number of aryl methyl sites for hydroxylation is 1. The van der Waals surface area contributed by atoms with Crippen LogP contribution >= 0.6 is 15.9 Å². The molecule has 4 nitrogen and oxygen atoms in total. The molecule has 0 unspecified atom stereocenters. The van der Waals surface area contributed by atoms with Crippen molar-refractivity contribution in [2.75, 3.05) is 5.32 Å². The minimum atomic E-state index is -0.407. The van der Waals surface area contributed by atoms with Gasteiger partial charge < -0.3 is 5.32 Å². The summed E-state index contributed by atoms with van der Waals surface area (Å²) in [4.78, 5) is 17.1. The van der Waals surface area contributed by atoms with Crippen molar-refractivity contribution in [3.8, 4) is 0 Å². The SMILES string of the molecule is CCCc1nc2ccc(F)cn2c1C(=O)Nc1ccc(Br)cc1. The molecule has 6 heteroatoms. The van der Waals surface area contributed by atoms with Gasteiger partial charge in [0.25, 0.3) is 5.91 Å². The third kappa shape index (κ3) is 3.27. The normalized spacial score (nSPS) is 10.9. The van der Waals surface area contributed by atoms with Crippen molar-refractivity contribution in [3.05, 3.63) is 64.3 Å². The van der Waals surface area contributed by atoms with Crippen LogP contribution < -0.4 is 5.32 Å². The summed E-state index contributed by atoms with van der Waals surface area (Å²) in [5, 5.41) is 2.84. The van der Waals surface area contributed by atoms with Gasteiger partial charge in [-0.25, -0.2) is 9.37 Å². The van der Waals surface area contributed by atoms with E-state index >= 15 is 0 Å². The molecule has 1 amide bonds. The number of halogens is 2. The molecule has 0 aliphatic carbocycles. The van der Waals surface area contributed by atoms with E-state index in [1.165, 1.54) is 16.7 Å². The molecule has 2 aromatic heterocycles. The van der Waals surface area contributed by atoms with E-state index in [4.69, 9.17) is 0 Å². The molecule has 23 heavy (non-hydrogen) atoms. The number of rotatable bonds is 4. The lowest BCUT2D eigenvalue weighted by Crippen LogP contribution is -2.16. The zero-order valence-electron chi connectivity index (χ0n) is 12.5. The molecule has 0 spiro atoms. The van der Waals surface area contributed by atoms with Gasteiger partial charge in [0.2, 0.25) is 0 Å². The molecular weight excluding hydrogens is 361 g/mol. The van der Waals surface area contributed by atoms with Crippen LogP contribution in [0.2, 0.25) is 0 Å². The molecule has 0 saturated heterocycles. The second-order valence-electron chi connectivity index (χ2n) is 5.19. The van der Waals surface area contributed by atoms with Gasteiger partial charge in [0, 0.05) is 16.4 Å². The van der Waals surface area contributed by atoms with Gasteiger partial charge in [-0.2, -0.15) is 0 Å². The lowest BCUT2D eigenvalue weighted by molar-refractivity contribution is 0.102. The molecule has 0 atom stereocenters. The van der Waals surface area contributed by atoms with Crippen LogP contribution in [0.1, 0.15) is 29.5 Å². The van der Waals surface area contributed by atoms with Crippen LogP contribution in [0.25, 0.3) is 5.65 Å². The van der Waals surface area contributed by atoms with Crippen LogP contribution in [-0.4, -0.2) is 15.3 Å². The van der Waals surface area contributed by atoms with E-state index in [0.29, 0.717) is 29.1 Å². The smallest absolute Gasteiger partial charge is 0.274 e. The fraction of sp³-hybridized carbons (Fsp3) is 0.176. The molecule has 0 aliphatic heterocycles. The number of nitrogens with one attached hydrogen (secondary N) is 1. The van der Waals surface area contributed by atoms with Gasteiger partial charge in [0.1, 0.15) is 17.2 Å². The first kappa shape index (κ1) is 15.7. The molecule has 1 aromatic carbocycles. The number of fused-ring (bicyclic) bond motifs is 1. The minimum Gasteiger partial charge on any atom is -0.321 e. The number of anilines is 1. The van der Waals surface area contributed by atoms with Crippen molar-refractivity contribution in [3.63, 3.8) is 0 Å². The molecule has 0 radical (unpaired) electrons. The van der Waals surface area contributed by atoms with Gasteiger partial charge >= 0.3 is 0 Å². The summed E-state index contributed by atoms with van der Waals surface area (Å²) < 4.78 is 16.0. The number of imidazole rings is 1. The topological polar surface area (TPSA) is 46.4 Å². The first-order valence-corrected chi connectivity index (χ1v) is 8.11. The predicted octanol–water partition coefficient (Wildman–Crippen LogP) is 4.44. The highest BCUT2D eigenvalue weighted by molar-refractivity contribution is 9.10. The number of carbonyl (C=O) groups is 1. The van der Waals surface area contributed by atoms with Crippen LogP contribution in [0, 0.1) is 5.82 Å². The summed E-state index contributed by atoms with van der Waals surface area (Å²) in [6.07, 6.45) is 2.80. The fourth-order valence-electron chi connectivity index (χ4n) is 2.44. The molecule has 3 aromatic rings. The zero-order valence-corrected chi connectivity index (χ0v) is 14.1. The summed E-state index contributed by atoms with van der Waals surface area (Å²) in [7, 11) is 0. The van der Waals surface area contributed by atoms with E-state index in [2.05, 4.69) is 26.2 Å². The number of aromatic nitrogens is 2. The van der Waals surface area contributed by atoms with Crippen LogP contribution in [0.4, 0.5) is 10.1 Å². The number of pyridine rings is 1. The molecule has 0 saturated carbocycles. The standard InChI is InChI=1S/C17H15BrFN3O/c1-2-3-14-16(22-10-12(19)6-9-15(22)21-14)17(23)20-13-7-4-11(18)5-8-13/h4-10H,2-3H2,1H3,(H,20,23).